The van der Waals surface area contributed by atoms with E-state index in [0.717, 1.165) is 36.3 Å². The van der Waals surface area contributed by atoms with Crippen molar-refractivity contribution in [2.45, 2.75) is 26.2 Å². The second-order valence-corrected chi connectivity index (χ2v) is 5.23. The van der Waals surface area contributed by atoms with Gasteiger partial charge < -0.3 is 10.1 Å². The molecule has 22 heavy (non-hydrogen) atoms. The average Bonchev–Trinajstić information content (AvgIpc) is 2.93. The number of aromatic nitrogens is 2. The minimum Gasteiger partial charge on any atom is -0.497 e. The highest BCUT2D eigenvalue weighted by Gasteiger charge is 2.13. The van der Waals surface area contributed by atoms with Crippen LogP contribution in [0.2, 0.25) is 0 Å². The van der Waals surface area contributed by atoms with Crippen molar-refractivity contribution in [3.63, 3.8) is 0 Å². The molecule has 0 aliphatic heterocycles. The third-order valence-corrected chi connectivity index (χ3v) is 3.54. The maximum absolute atomic E-state index is 12.1. The molecule has 0 atom stereocenters. The number of methoxy groups -OCH3 is 1. The van der Waals surface area contributed by atoms with Gasteiger partial charge in [-0.15, -0.1) is 0 Å². The van der Waals surface area contributed by atoms with Crippen molar-refractivity contribution in [1.82, 2.24) is 15.1 Å². The van der Waals surface area contributed by atoms with E-state index in [1.165, 1.54) is 0 Å². The number of nitrogens with zero attached hydrogens (tertiary/aromatic N) is 2. The van der Waals surface area contributed by atoms with Gasteiger partial charge in [-0.2, -0.15) is 5.10 Å². The Kier molecular flexibility index (Phi) is 5.58. The van der Waals surface area contributed by atoms with Gasteiger partial charge in [-0.05, 0) is 24.6 Å². The van der Waals surface area contributed by atoms with Gasteiger partial charge in [-0.1, -0.05) is 31.9 Å². The lowest BCUT2D eigenvalue weighted by Gasteiger charge is -2.04. The van der Waals surface area contributed by atoms with Gasteiger partial charge in [0.05, 0.1) is 12.8 Å². The average molecular weight is 301 g/mol. The zero-order chi connectivity index (χ0) is 15.9. The number of carbonyl (C=O) groups is 1. The molecule has 5 nitrogen and oxygen atoms in total. The Balaban J connectivity index is 2.12. The quantitative estimate of drug-likeness (QED) is 0.800. The van der Waals surface area contributed by atoms with Crippen LogP contribution in [0.25, 0.3) is 11.3 Å². The summed E-state index contributed by atoms with van der Waals surface area (Å²) in [6, 6.07) is 9.53. The van der Waals surface area contributed by atoms with Crippen LogP contribution in [0.15, 0.2) is 30.3 Å². The van der Waals surface area contributed by atoms with Crippen LogP contribution < -0.4 is 10.1 Å². The highest BCUT2D eigenvalue weighted by molar-refractivity contribution is 5.93. The zero-order valence-electron chi connectivity index (χ0n) is 13.4. The fourth-order valence-electron chi connectivity index (χ4n) is 2.30. The molecule has 2 aromatic rings. The molecular formula is C17H23N3O2. The number of amides is 1. The third kappa shape index (κ3) is 3.87. The molecule has 0 radical (unpaired) electrons. The molecular weight excluding hydrogens is 278 g/mol. The summed E-state index contributed by atoms with van der Waals surface area (Å²) in [5.74, 6) is 0.658. The van der Waals surface area contributed by atoms with Crippen LogP contribution >= 0.6 is 0 Å². The number of benzene rings is 1. The maximum atomic E-state index is 12.1. The number of carbonyl (C=O) groups excluding carboxylic acids is 1. The number of hydrogen-bond donors (Lipinski definition) is 1. The Labute approximate surface area is 131 Å². The summed E-state index contributed by atoms with van der Waals surface area (Å²) in [4.78, 5) is 12.1. The van der Waals surface area contributed by atoms with E-state index in [0.29, 0.717) is 12.2 Å². The molecule has 118 valence electrons. The molecule has 0 aliphatic rings. The predicted molar refractivity (Wildman–Crippen MR) is 87.1 cm³/mol. The van der Waals surface area contributed by atoms with Crippen LogP contribution in [0, 0.1) is 0 Å². The largest absolute Gasteiger partial charge is 0.497 e. The van der Waals surface area contributed by atoms with Crippen molar-refractivity contribution in [2.24, 2.45) is 7.05 Å². The van der Waals surface area contributed by atoms with Crippen LogP contribution in [0.1, 0.15) is 36.7 Å². The Morgan fingerprint density at radius 2 is 2.14 bits per heavy atom. The number of unbranched alkanes of at least 4 members (excludes halogenated alkanes) is 2. The van der Waals surface area contributed by atoms with Crippen molar-refractivity contribution in [3.05, 3.63) is 36.0 Å². The van der Waals surface area contributed by atoms with E-state index in [1.54, 1.807) is 11.8 Å². The summed E-state index contributed by atoms with van der Waals surface area (Å²) in [7, 11) is 3.47. The summed E-state index contributed by atoms with van der Waals surface area (Å²) in [5.41, 5.74) is 2.30. The molecule has 1 amide bonds. The van der Waals surface area contributed by atoms with Crippen molar-refractivity contribution in [3.8, 4) is 17.0 Å². The summed E-state index contributed by atoms with van der Waals surface area (Å²) < 4.78 is 6.96. The van der Waals surface area contributed by atoms with Crippen LogP contribution in [-0.2, 0) is 7.05 Å². The number of ether oxygens (including phenoxy) is 1. The Hall–Kier alpha value is -2.30. The molecule has 1 aromatic heterocycles. The first-order chi connectivity index (χ1) is 10.7. The van der Waals surface area contributed by atoms with Gasteiger partial charge in [0.25, 0.3) is 5.91 Å². The zero-order valence-corrected chi connectivity index (χ0v) is 13.4. The summed E-state index contributed by atoms with van der Waals surface area (Å²) in [5, 5.41) is 7.21. The molecule has 0 spiro atoms. The lowest BCUT2D eigenvalue weighted by molar-refractivity contribution is 0.0947. The first-order valence-corrected chi connectivity index (χ1v) is 7.62. The van der Waals surface area contributed by atoms with Gasteiger partial charge in [-0.25, -0.2) is 0 Å². The van der Waals surface area contributed by atoms with Crippen LogP contribution in [0.4, 0.5) is 0 Å². The van der Waals surface area contributed by atoms with Crippen LogP contribution in [0.5, 0.6) is 5.75 Å². The summed E-state index contributed by atoms with van der Waals surface area (Å²) in [6.45, 7) is 2.83. The Bertz CT molecular complexity index is 635. The van der Waals surface area contributed by atoms with E-state index in [-0.39, 0.29) is 5.91 Å². The van der Waals surface area contributed by atoms with E-state index in [9.17, 15) is 4.79 Å². The smallest absolute Gasteiger partial charge is 0.271 e. The molecule has 0 saturated carbocycles. The first-order valence-electron chi connectivity index (χ1n) is 7.62. The first kappa shape index (κ1) is 16.1. The molecule has 2 rings (SSSR count). The number of rotatable bonds is 7. The lowest BCUT2D eigenvalue weighted by Crippen LogP contribution is -2.24. The van der Waals surface area contributed by atoms with Crippen molar-refractivity contribution in [1.29, 1.82) is 0 Å². The monoisotopic (exact) mass is 301 g/mol. The number of hydrogen-bond acceptors (Lipinski definition) is 3. The predicted octanol–water partition coefficient (Wildman–Crippen LogP) is 3.02. The molecule has 1 aromatic carbocycles. The molecule has 0 bridgehead atoms. The molecule has 0 aliphatic carbocycles. The number of nitrogens with one attached hydrogen (secondary N) is 1. The summed E-state index contributed by atoms with van der Waals surface area (Å²) >= 11 is 0. The van der Waals surface area contributed by atoms with Gasteiger partial charge in [0.15, 0.2) is 5.69 Å². The molecule has 1 N–H and O–H groups in total. The van der Waals surface area contributed by atoms with Crippen molar-refractivity contribution in [2.75, 3.05) is 13.7 Å². The van der Waals surface area contributed by atoms with Crippen molar-refractivity contribution >= 4 is 5.91 Å². The standard InChI is InChI=1S/C17H23N3O2/c1-4-5-6-10-18-17(21)15-12-16(20(2)19-15)13-8-7-9-14(11-13)22-3/h7-9,11-12H,4-6,10H2,1-3H3,(H,18,21). The maximum Gasteiger partial charge on any atom is 0.271 e. The molecule has 5 heteroatoms. The SMILES string of the molecule is CCCCCNC(=O)c1cc(-c2cccc(OC)c2)n(C)n1. The Morgan fingerprint density at radius 3 is 2.86 bits per heavy atom. The highest BCUT2D eigenvalue weighted by atomic mass is 16.5. The van der Waals surface area contributed by atoms with E-state index >= 15 is 0 Å². The van der Waals surface area contributed by atoms with Crippen LogP contribution in [0.3, 0.4) is 0 Å². The second-order valence-electron chi connectivity index (χ2n) is 5.23. The van der Waals surface area contributed by atoms with Gasteiger partial charge >= 0.3 is 0 Å². The van der Waals surface area contributed by atoms with Gasteiger partial charge in [-0.3, -0.25) is 9.48 Å². The van der Waals surface area contributed by atoms with E-state index in [2.05, 4.69) is 17.3 Å². The van der Waals surface area contributed by atoms with Crippen molar-refractivity contribution < 1.29 is 9.53 Å². The molecule has 1 heterocycles. The fraction of sp³-hybridized carbons (Fsp3) is 0.412. The van der Waals surface area contributed by atoms with Gasteiger partial charge in [0.2, 0.25) is 0 Å². The summed E-state index contributed by atoms with van der Waals surface area (Å²) in [6.07, 6.45) is 3.26. The third-order valence-electron chi connectivity index (χ3n) is 3.54. The fourth-order valence-corrected chi connectivity index (χ4v) is 2.30. The van der Waals surface area contributed by atoms with Crippen LogP contribution in [-0.4, -0.2) is 29.3 Å². The normalized spacial score (nSPS) is 10.5. The number of aryl methyl sites for hydroxylation is 1. The lowest BCUT2D eigenvalue weighted by atomic mass is 10.1. The Morgan fingerprint density at radius 1 is 1.32 bits per heavy atom. The highest BCUT2D eigenvalue weighted by Crippen LogP contribution is 2.24. The van der Waals surface area contributed by atoms with Gasteiger partial charge in [0, 0.05) is 19.2 Å². The minimum absolute atomic E-state index is 0.124. The molecule has 0 unspecified atom stereocenters. The minimum atomic E-state index is -0.124. The topological polar surface area (TPSA) is 56.1 Å². The van der Waals surface area contributed by atoms with Gasteiger partial charge in [0.1, 0.15) is 5.75 Å². The van der Waals surface area contributed by atoms with E-state index < -0.39 is 0 Å². The molecule has 0 saturated heterocycles. The van der Waals surface area contributed by atoms with E-state index in [1.807, 2.05) is 37.4 Å². The van der Waals surface area contributed by atoms with E-state index in [4.69, 9.17) is 4.74 Å². The second kappa shape index (κ2) is 7.64. The molecule has 0 fully saturated rings.